The van der Waals surface area contributed by atoms with Crippen molar-refractivity contribution >= 4 is 27.5 Å². The summed E-state index contributed by atoms with van der Waals surface area (Å²) in [6.07, 6.45) is 0.897. The number of carbonyl (C=O) groups is 1. The quantitative estimate of drug-likeness (QED) is 0.751. The molecule has 0 heterocycles. The highest BCUT2D eigenvalue weighted by Crippen LogP contribution is 2.20. The van der Waals surface area contributed by atoms with Crippen LogP contribution in [0.25, 0.3) is 0 Å². The Hall–Kier alpha value is -1.96. The molecule has 140 valence electrons. The van der Waals surface area contributed by atoms with Gasteiger partial charge in [-0.2, -0.15) is 0 Å². The van der Waals surface area contributed by atoms with Gasteiger partial charge in [-0.1, -0.05) is 35.9 Å². The minimum Gasteiger partial charge on any atom is -0.350 e. The van der Waals surface area contributed by atoms with Crippen LogP contribution in [0, 0.1) is 5.82 Å². The summed E-state index contributed by atoms with van der Waals surface area (Å²) in [5, 5.41) is 3.42. The Balaban J connectivity index is 2.10. The second-order valence-corrected chi connectivity index (χ2v) is 8.26. The largest absolute Gasteiger partial charge is 0.350 e. The average molecular weight is 399 g/mol. The Bertz CT molecular complexity index is 855. The summed E-state index contributed by atoms with van der Waals surface area (Å²) >= 11 is 5.85. The molecule has 2 rings (SSSR count). The van der Waals surface area contributed by atoms with Crippen LogP contribution in [-0.4, -0.2) is 20.6 Å². The normalized spacial score (nSPS) is 13.8. The molecule has 0 spiro atoms. The first-order valence-corrected chi connectivity index (χ1v) is 10.2. The van der Waals surface area contributed by atoms with Gasteiger partial charge in [-0.15, -0.1) is 0 Å². The molecule has 1 amide bonds. The molecule has 2 aromatic rings. The third kappa shape index (κ3) is 6.40. The van der Waals surface area contributed by atoms with Gasteiger partial charge >= 0.3 is 0 Å². The first-order chi connectivity index (χ1) is 12.1. The van der Waals surface area contributed by atoms with Gasteiger partial charge in [0.25, 0.3) is 0 Å². The van der Waals surface area contributed by atoms with Gasteiger partial charge in [-0.3, -0.25) is 4.79 Å². The SMILES string of the molecule is C[C@@H](NC(=O)C[C@H](NS(C)(=O)=O)c1ccc(F)cc1)c1ccc(Cl)cc1. The van der Waals surface area contributed by atoms with Crippen molar-refractivity contribution in [2.24, 2.45) is 0 Å². The van der Waals surface area contributed by atoms with E-state index in [2.05, 4.69) is 10.0 Å². The Kier molecular flexibility index (Phi) is 6.75. The van der Waals surface area contributed by atoms with E-state index in [0.29, 0.717) is 10.6 Å². The first kappa shape index (κ1) is 20.4. The summed E-state index contributed by atoms with van der Waals surface area (Å²) < 4.78 is 38.7. The number of halogens is 2. The summed E-state index contributed by atoms with van der Waals surface area (Å²) in [5.41, 5.74) is 1.38. The highest BCUT2D eigenvalue weighted by molar-refractivity contribution is 7.88. The molecular formula is C18H20ClFN2O3S. The third-order valence-electron chi connectivity index (χ3n) is 3.77. The second-order valence-electron chi connectivity index (χ2n) is 6.04. The first-order valence-electron chi connectivity index (χ1n) is 7.91. The van der Waals surface area contributed by atoms with Crippen LogP contribution >= 0.6 is 11.6 Å². The standard InChI is InChI=1S/C18H20ClFN2O3S/c1-12(13-3-7-15(19)8-4-13)21-18(23)11-17(22-26(2,24)25)14-5-9-16(20)10-6-14/h3-10,12,17,22H,11H2,1-2H3,(H,21,23)/t12-,17+/m1/s1. The van der Waals surface area contributed by atoms with Crippen molar-refractivity contribution < 1.29 is 17.6 Å². The highest BCUT2D eigenvalue weighted by Gasteiger charge is 2.21. The van der Waals surface area contributed by atoms with E-state index in [1.54, 1.807) is 24.3 Å². The summed E-state index contributed by atoms with van der Waals surface area (Å²) in [6, 6.07) is 11.4. The van der Waals surface area contributed by atoms with E-state index in [9.17, 15) is 17.6 Å². The zero-order valence-corrected chi connectivity index (χ0v) is 15.9. The fourth-order valence-electron chi connectivity index (χ4n) is 2.50. The zero-order chi connectivity index (χ0) is 19.3. The van der Waals surface area contributed by atoms with Crippen molar-refractivity contribution in [3.05, 3.63) is 70.5 Å². The molecule has 0 bridgehead atoms. The summed E-state index contributed by atoms with van der Waals surface area (Å²) in [5.74, 6) is -0.773. The average Bonchev–Trinajstić information content (AvgIpc) is 2.54. The van der Waals surface area contributed by atoms with E-state index in [0.717, 1.165) is 11.8 Å². The molecule has 5 nitrogen and oxygen atoms in total. The highest BCUT2D eigenvalue weighted by atomic mass is 35.5. The van der Waals surface area contributed by atoms with Gasteiger partial charge in [0.2, 0.25) is 15.9 Å². The lowest BCUT2D eigenvalue weighted by Gasteiger charge is -2.20. The van der Waals surface area contributed by atoms with Gasteiger partial charge < -0.3 is 5.32 Å². The molecule has 2 atom stereocenters. The van der Waals surface area contributed by atoms with Crippen molar-refractivity contribution in [3.63, 3.8) is 0 Å². The predicted octanol–water partition coefficient (Wildman–Crippen LogP) is 3.34. The minimum absolute atomic E-state index is 0.114. The summed E-state index contributed by atoms with van der Waals surface area (Å²) in [7, 11) is -3.55. The molecule has 26 heavy (non-hydrogen) atoms. The van der Waals surface area contributed by atoms with Crippen LogP contribution in [0.3, 0.4) is 0 Å². The number of benzene rings is 2. The van der Waals surface area contributed by atoms with Gasteiger partial charge in [0.05, 0.1) is 18.3 Å². The molecule has 2 N–H and O–H groups in total. The van der Waals surface area contributed by atoms with E-state index >= 15 is 0 Å². The molecule has 0 aliphatic heterocycles. The van der Waals surface area contributed by atoms with Gasteiger partial charge in [0.1, 0.15) is 5.82 Å². The molecule has 0 aliphatic carbocycles. The van der Waals surface area contributed by atoms with Gasteiger partial charge in [-0.25, -0.2) is 17.5 Å². The number of rotatable bonds is 7. The molecule has 2 aromatic carbocycles. The lowest BCUT2D eigenvalue weighted by atomic mass is 10.0. The smallest absolute Gasteiger partial charge is 0.222 e. The summed E-state index contributed by atoms with van der Waals surface area (Å²) in [6.45, 7) is 1.82. The van der Waals surface area contributed by atoms with Gasteiger partial charge in [-0.05, 0) is 42.3 Å². The van der Waals surface area contributed by atoms with E-state index in [-0.39, 0.29) is 18.4 Å². The van der Waals surface area contributed by atoms with E-state index < -0.39 is 21.9 Å². The molecule has 0 unspecified atom stereocenters. The molecule has 0 saturated heterocycles. The number of amides is 1. The molecule has 0 aromatic heterocycles. The van der Waals surface area contributed by atoms with E-state index in [1.807, 2.05) is 6.92 Å². The predicted molar refractivity (Wildman–Crippen MR) is 99.7 cm³/mol. The van der Waals surface area contributed by atoms with Crippen molar-refractivity contribution in [3.8, 4) is 0 Å². The van der Waals surface area contributed by atoms with E-state index in [1.165, 1.54) is 24.3 Å². The molecule has 0 saturated carbocycles. The Morgan fingerprint density at radius 3 is 2.15 bits per heavy atom. The van der Waals surface area contributed by atoms with Crippen LogP contribution in [-0.2, 0) is 14.8 Å². The van der Waals surface area contributed by atoms with Crippen LogP contribution in [0.1, 0.15) is 36.6 Å². The lowest BCUT2D eigenvalue weighted by Crippen LogP contribution is -2.34. The molecule has 0 aliphatic rings. The van der Waals surface area contributed by atoms with E-state index in [4.69, 9.17) is 11.6 Å². The van der Waals surface area contributed by atoms with Crippen LogP contribution < -0.4 is 10.0 Å². The molecule has 0 fully saturated rings. The van der Waals surface area contributed by atoms with Crippen LogP contribution in [0.15, 0.2) is 48.5 Å². The second kappa shape index (κ2) is 8.62. The summed E-state index contributed by atoms with van der Waals surface area (Å²) in [4.78, 5) is 12.4. The number of hydrogen-bond donors (Lipinski definition) is 2. The van der Waals surface area contributed by atoms with Crippen molar-refractivity contribution in [2.45, 2.75) is 25.4 Å². The van der Waals surface area contributed by atoms with Crippen LogP contribution in [0.2, 0.25) is 5.02 Å². The molecule has 8 heteroatoms. The maximum absolute atomic E-state index is 13.1. The third-order valence-corrected chi connectivity index (χ3v) is 4.73. The Morgan fingerprint density at radius 2 is 1.62 bits per heavy atom. The molecule has 0 radical (unpaired) electrons. The number of carbonyl (C=O) groups excluding carboxylic acids is 1. The topological polar surface area (TPSA) is 75.3 Å². The van der Waals surface area contributed by atoms with Gasteiger partial charge in [0, 0.05) is 11.4 Å². The van der Waals surface area contributed by atoms with Crippen molar-refractivity contribution in [1.82, 2.24) is 10.0 Å². The van der Waals surface area contributed by atoms with Gasteiger partial charge in [0.15, 0.2) is 0 Å². The minimum atomic E-state index is -3.55. The Labute approximate surface area is 157 Å². The van der Waals surface area contributed by atoms with Crippen molar-refractivity contribution in [1.29, 1.82) is 0 Å². The number of hydrogen-bond acceptors (Lipinski definition) is 3. The fourth-order valence-corrected chi connectivity index (χ4v) is 3.36. The monoisotopic (exact) mass is 398 g/mol. The lowest BCUT2D eigenvalue weighted by molar-refractivity contribution is -0.122. The molecular weight excluding hydrogens is 379 g/mol. The maximum Gasteiger partial charge on any atom is 0.222 e. The Morgan fingerprint density at radius 1 is 1.08 bits per heavy atom. The number of sulfonamides is 1. The maximum atomic E-state index is 13.1. The van der Waals surface area contributed by atoms with Crippen molar-refractivity contribution in [2.75, 3.05) is 6.26 Å². The van der Waals surface area contributed by atoms with Crippen LogP contribution in [0.4, 0.5) is 4.39 Å². The number of nitrogens with one attached hydrogen (secondary N) is 2. The fraction of sp³-hybridized carbons (Fsp3) is 0.278. The van der Waals surface area contributed by atoms with Crippen LogP contribution in [0.5, 0.6) is 0 Å². The zero-order valence-electron chi connectivity index (χ0n) is 14.4.